The lowest BCUT2D eigenvalue weighted by Gasteiger charge is -2.23. The first kappa shape index (κ1) is 9.21. The summed E-state index contributed by atoms with van der Waals surface area (Å²) in [5.41, 5.74) is 2.36. The number of hydrogen-bond donors (Lipinski definition) is 0. The zero-order valence-electron chi connectivity index (χ0n) is 7.72. The summed E-state index contributed by atoms with van der Waals surface area (Å²) >= 11 is 3.42. The van der Waals surface area contributed by atoms with Crippen LogP contribution < -0.4 is 0 Å². The summed E-state index contributed by atoms with van der Waals surface area (Å²) in [6, 6.07) is 0. The topological polar surface area (TPSA) is 29.3 Å². The van der Waals surface area contributed by atoms with Crippen LogP contribution in [0, 0.1) is 0 Å². The second-order valence-electron chi connectivity index (χ2n) is 3.28. The van der Waals surface area contributed by atoms with Crippen molar-refractivity contribution in [1.29, 1.82) is 0 Å². The number of aromatic nitrogens is 1. The SMILES string of the molecule is CCN1CCc2onc(CBr)c2C1. The molecule has 1 aromatic rings. The molecule has 0 fully saturated rings. The quantitative estimate of drug-likeness (QED) is 0.746. The standard InChI is InChI=1S/C9H13BrN2O/c1-2-12-4-3-9-7(6-12)8(5-10)11-13-9/h2-6H2,1H3. The van der Waals surface area contributed by atoms with Crippen molar-refractivity contribution in [3.63, 3.8) is 0 Å². The molecule has 0 amide bonds. The Labute approximate surface area is 86.2 Å². The average Bonchev–Trinajstić information content (AvgIpc) is 2.59. The minimum absolute atomic E-state index is 0.795. The van der Waals surface area contributed by atoms with E-state index in [1.165, 1.54) is 5.56 Å². The highest BCUT2D eigenvalue weighted by molar-refractivity contribution is 9.08. The van der Waals surface area contributed by atoms with Gasteiger partial charge >= 0.3 is 0 Å². The molecule has 0 aliphatic carbocycles. The van der Waals surface area contributed by atoms with Crippen LogP contribution in [0.25, 0.3) is 0 Å². The molecule has 0 radical (unpaired) electrons. The van der Waals surface area contributed by atoms with E-state index < -0.39 is 0 Å². The smallest absolute Gasteiger partial charge is 0.142 e. The highest BCUT2D eigenvalue weighted by atomic mass is 79.9. The highest BCUT2D eigenvalue weighted by Gasteiger charge is 2.22. The van der Waals surface area contributed by atoms with Gasteiger partial charge < -0.3 is 4.52 Å². The van der Waals surface area contributed by atoms with E-state index in [2.05, 4.69) is 32.9 Å². The normalized spacial score (nSPS) is 17.4. The number of likely N-dealkylation sites (N-methyl/N-ethyl adjacent to an activating group) is 1. The molecular formula is C9H13BrN2O. The van der Waals surface area contributed by atoms with Crippen molar-refractivity contribution < 1.29 is 4.52 Å². The molecule has 0 atom stereocenters. The van der Waals surface area contributed by atoms with E-state index in [0.717, 1.165) is 42.8 Å². The lowest BCUT2D eigenvalue weighted by atomic mass is 10.1. The Morgan fingerprint density at radius 2 is 2.46 bits per heavy atom. The van der Waals surface area contributed by atoms with Gasteiger partial charge in [0, 0.05) is 30.4 Å². The first-order valence-electron chi connectivity index (χ1n) is 4.59. The molecule has 13 heavy (non-hydrogen) atoms. The summed E-state index contributed by atoms with van der Waals surface area (Å²) in [7, 11) is 0. The number of rotatable bonds is 2. The fourth-order valence-electron chi connectivity index (χ4n) is 1.69. The third-order valence-electron chi connectivity index (χ3n) is 2.56. The van der Waals surface area contributed by atoms with Gasteiger partial charge in [0.15, 0.2) is 0 Å². The van der Waals surface area contributed by atoms with E-state index in [1.807, 2.05) is 0 Å². The molecular weight excluding hydrogens is 232 g/mol. The van der Waals surface area contributed by atoms with E-state index in [-0.39, 0.29) is 0 Å². The Kier molecular flexibility index (Phi) is 2.69. The molecule has 0 bridgehead atoms. The van der Waals surface area contributed by atoms with Crippen LogP contribution in [0.3, 0.4) is 0 Å². The van der Waals surface area contributed by atoms with Crippen LogP contribution in [0.5, 0.6) is 0 Å². The molecule has 0 saturated carbocycles. The monoisotopic (exact) mass is 244 g/mol. The van der Waals surface area contributed by atoms with Crippen LogP contribution >= 0.6 is 15.9 Å². The van der Waals surface area contributed by atoms with Gasteiger partial charge in [-0.25, -0.2) is 0 Å². The minimum Gasteiger partial charge on any atom is -0.361 e. The fourth-order valence-corrected chi connectivity index (χ4v) is 2.14. The highest BCUT2D eigenvalue weighted by Crippen LogP contribution is 2.23. The van der Waals surface area contributed by atoms with Crippen molar-refractivity contribution in [2.75, 3.05) is 13.1 Å². The Bertz CT molecular complexity index is 284. The molecule has 0 aromatic carbocycles. The molecule has 0 unspecified atom stereocenters. The molecule has 0 N–H and O–H groups in total. The van der Waals surface area contributed by atoms with Gasteiger partial charge in [-0.15, -0.1) is 0 Å². The first-order chi connectivity index (χ1) is 6.35. The van der Waals surface area contributed by atoms with E-state index in [0.29, 0.717) is 0 Å². The summed E-state index contributed by atoms with van der Waals surface area (Å²) in [6.07, 6.45) is 1.00. The van der Waals surface area contributed by atoms with Crippen LogP contribution in [0.15, 0.2) is 4.52 Å². The largest absolute Gasteiger partial charge is 0.361 e. The number of fused-ring (bicyclic) bond motifs is 1. The summed E-state index contributed by atoms with van der Waals surface area (Å²) in [5.74, 6) is 1.08. The van der Waals surface area contributed by atoms with Crippen molar-refractivity contribution in [2.45, 2.75) is 25.2 Å². The maximum Gasteiger partial charge on any atom is 0.142 e. The number of nitrogens with zero attached hydrogens (tertiary/aromatic N) is 2. The Balaban J connectivity index is 2.25. The summed E-state index contributed by atoms with van der Waals surface area (Å²) in [4.78, 5) is 2.41. The molecule has 0 spiro atoms. The van der Waals surface area contributed by atoms with E-state index >= 15 is 0 Å². The van der Waals surface area contributed by atoms with Gasteiger partial charge in [-0.1, -0.05) is 28.0 Å². The maximum atomic E-state index is 5.26. The molecule has 0 saturated heterocycles. The van der Waals surface area contributed by atoms with Crippen LogP contribution in [0.2, 0.25) is 0 Å². The fraction of sp³-hybridized carbons (Fsp3) is 0.667. The Hall–Kier alpha value is -0.350. The molecule has 72 valence electrons. The molecule has 1 aliphatic rings. The van der Waals surface area contributed by atoms with Crippen LogP contribution in [0.4, 0.5) is 0 Å². The zero-order valence-corrected chi connectivity index (χ0v) is 9.30. The van der Waals surface area contributed by atoms with Crippen LogP contribution in [0.1, 0.15) is 23.9 Å². The maximum absolute atomic E-state index is 5.26. The second kappa shape index (κ2) is 3.80. The Morgan fingerprint density at radius 1 is 1.62 bits per heavy atom. The van der Waals surface area contributed by atoms with Crippen molar-refractivity contribution >= 4 is 15.9 Å². The van der Waals surface area contributed by atoms with Gasteiger partial charge in [0.1, 0.15) is 5.76 Å². The summed E-state index contributed by atoms with van der Waals surface area (Å²) in [5, 5.41) is 4.83. The van der Waals surface area contributed by atoms with Gasteiger partial charge in [-0.05, 0) is 6.54 Å². The predicted octanol–water partition coefficient (Wildman–Crippen LogP) is 1.95. The average molecular weight is 245 g/mol. The molecule has 1 aromatic heterocycles. The third-order valence-corrected chi connectivity index (χ3v) is 3.09. The summed E-state index contributed by atoms with van der Waals surface area (Å²) in [6.45, 7) is 5.38. The predicted molar refractivity (Wildman–Crippen MR) is 53.8 cm³/mol. The first-order valence-corrected chi connectivity index (χ1v) is 5.72. The van der Waals surface area contributed by atoms with Crippen molar-refractivity contribution in [2.24, 2.45) is 0 Å². The zero-order chi connectivity index (χ0) is 9.26. The van der Waals surface area contributed by atoms with Crippen LogP contribution in [-0.2, 0) is 18.3 Å². The third kappa shape index (κ3) is 1.65. The van der Waals surface area contributed by atoms with Gasteiger partial charge in [0.25, 0.3) is 0 Å². The molecule has 4 heteroatoms. The summed E-state index contributed by atoms with van der Waals surface area (Å²) < 4.78 is 5.26. The van der Waals surface area contributed by atoms with E-state index in [9.17, 15) is 0 Å². The van der Waals surface area contributed by atoms with E-state index in [1.54, 1.807) is 0 Å². The Morgan fingerprint density at radius 3 is 3.15 bits per heavy atom. The van der Waals surface area contributed by atoms with Gasteiger partial charge in [-0.2, -0.15) is 0 Å². The van der Waals surface area contributed by atoms with Crippen molar-refractivity contribution in [3.05, 3.63) is 17.0 Å². The minimum atomic E-state index is 0.795. The second-order valence-corrected chi connectivity index (χ2v) is 3.84. The molecule has 2 heterocycles. The van der Waals surface area contributed by atoms with Gasteiger partial charge in [-0.3, -0.25) is 4.90 Å². The number of hydrogen-bond acceptors (Lipinski definition) is 3. The van der Waals surface area contributed by atoms with Gasteiger partial charge in [0.2, 0.25) is 0 Å². The van der Waals surface area contributed by atoms with Crippen LogP contribution in [-0.4, -0.2) is 23.1 Å². The lowest BCUT2D eigenvalue weighted by Crippen LogP contribution is -2.29. The number of alkyl halides is 1. The number of halogens is 1. The van der Waals surface area contributed by atoms with Crippen molar-refractivity contribution in [3.8, 4) is 0 Å². The molecule has 2 rings (SSSR count). The van der Waals surface area contributed by atoms with Gasteiger partial charge in [0.05, 0.1) is 5.69 Å². The molecule has 3 nitrogen and oxygen atoms in total. The molecule has 1 aliphatic heterocycles. The lowest BCUT2D eigenvalue weighted by molar-refractivity contribution is 0.247. The van der Waals surface area contributed by atoms with Crippen molar-refractivity contribution in [1.82, 2.24) is 10.1 Å². The van der Waals surface area contributed by atoms with E-state index in [4.69, 9.17) is 4.52 Å².